The third kappa shape index (κ3) is 2.45. The summed E-state index contributed by atoms with van der Waals surface area (Å²) in [7, 11) is 3.76. The third-order valence-corrected chi connectivity index (χ3v) is 3.85. The van der Waals surface area contributed by atoms with Crippen LogP contribution in [0.3, 0.4) is 0 Å². The molecule has 1 amide bonds. The van der Waals surface area contributed by atoms with Crippen molar-refractivity contribution in [3.8, 4) is 0 Å². The van der Waals surface area contributed by atoms with Gasteiger partial charge in [-0.2, -0.15) is 0 Å². The molecule has 6 heteroatoms. The predicted octanol–water partition coefficient (Wildman–Crippen LogP) is 1.44. The normalized spacial score (nSPS) is 23.0. The Kier molecular flexibility index (Phi) is 3.41. The van der Waals surface area contributed by atoms with Gasteiger partial charge in [0.1, 0.15) is 5.82 Å². The molecule has 1 heterocycles. The molecule has 1 aromatic rings. The van der Waals surface area contributed by atoms with Crippen molar-refractivity contribution in [2.45, 2.75) is 13.8 Å². The van der Waals surface area contributed by atoms with Crippen LogP contribution in [0.2, 0.25) is 0 Å². The van der Waals surface area contributed by atoms with Crippen LogP contribution in [0.15, 0.2) is 18.3 Å². The number of amides is 1. The number of carboxylic acids is 1. The summed E-state index contributed by atoms with van der Waals surface area (Å²) in [6.07, 6.45) is 1.57. The lowest BCUT2D eigenvalue weighted by Gasteiger charge is -2.11. The highest BCUT2D eigenvalue weighted by Gasteiger charge is 2.65. The molecule has 1 aromatic heterocycles. The number of aromatic nitrogens is 1. The zero-order valence-corrected chi connectivity index (χ0v) is 12.0. The van der Waals surface area contributed by atoms with Gasteiger partial charge in [0.05, 0.1) is 23.7 Å². The van der Waals surface area contributed by atoms with Crippen LogP contribution < -0.4 is 10.2 Å². The van der Waals surface area contributed by atoms with E-state index in [0.717, 1.165) is 5.82 Å². The summed E-state index contributed by atoms with van der Waals surface area (Å²) < 4.78 is 0. The average molecular weight is 277 g/mol. The van der Waals surface area contributed by atoms with E-state index < -0.39 is 23.2 Å². The Hall–Kier alpha value is -2.11. The van der Waals surface area contributed by atoms with Crippen molar-refractivity contribution in [1.29, 1.82) is 0 Å². The Bertz CT molecular complexity index is 537. The Balaban J connectivity index is 2.04. The van der Waals surface area contributed by atoms with Crippen molar-refractivity contribution >= 4 is 23.4 Å². The number of carboxylic acid groups (broad SMARTS) is 1. The van der Waals surface area contributed by atoms with Gasteiger partial charge < -0.3 is 15.3 Å². The largest absolute Gasteiger partial charge is 0.481 e. The second-order valence-corrected chi connectivity index (χ2v) is 5.90. The molecule has 2 atom stereocenters. The molecule has 0 spiro atoms. The zero-order chi connectivity index (χ0) is 15.1. The summed E-state index contributed by atoms with van der Waals surface area (Å²) in [4.78, 5) is 29.2. The third-order valence-electron chi connectivity index (χ3n) is 3.85. The number of rotatable bonds is 4. The highest BCUT2D eigenvalue weighted by atomic mass is 16.4. The van der Waals surface area contributed by atoms with Gasteiger partial charge in [0.15, 0.2) is 0 Å². The van der Waals surface area contributed by atoms with Gasteiger partial charge >= 0.3 is 5.97 Å². The molecule has 0 aromatic carbocycles. The number of hydrogen-bond acceptors (Lipinski definition) is 4. The van der Waals surface area contributed by atoms with Crippen molar-refractivity contribution in [3.63, 3.8) is 0 Å². The Morgan fingerprint density at radius 1 is 1.30 bits per heavy atom. The van der Waals surface area contributed by atoms with E-state index in [1.165, 1.54) is 0 Å². The first-order valence-electron chi connectivity index (χ1n) is 6.42. The van der Waals surface area contributed by atoms with Crippen molar-refractivity contribution in [2.24, 2.45) is 17.3 Å². The number of carbonyl (C=O) groups is 2. The first-order valence-corrected chi connectivity index (χ1v) is 6.42. The molecule has 1 aliphatic rings. The lowest BCUT2D eigenvalue weighted by atomic mass is 10.1. The zero-order valence-electron chi connectivity index (χ0n) is 12.0. The van der Waals surface area contributed by atoms with E-state index >= 15 is 0 Å². The minimum absolute atomic E-state index is 0.262. The smallest absolute Gasteiger partial charge is 0.307 e. The van der Waals surface area contributed by atoms with Crippen LogP contribution in [0, 0.1) is 17.3 Å². The number of hydrogen-bond donors (Lipinski definition) is 2. The minimum Gasteiger partial charge on any atom is -0.481 e. The van der Waals surface area contributed by atoms with Gasteiger partial charge in [0.25, 0.3) is 0 Å². The predicted molar refractivity (Wildman–Crippen MR) is 75.6 cm³/mol. The number of nitrogens with one attached hydrogen (secondary N) is 1. The van der Waals surface area contributed by atoms with E-state index in [1.807, 2.05) is 19.0 Å². The summed E-state index contributed by atoms with van der Waals surface area (Å²) in [6.45, 7) is 3.59. The number of pyridine rings is 1. The standard InChI is InChI=1S/C14H19N3O3/c1-14(2)10(11(14)13(19)20)12(18)16-8-5-6-9(15-7-8)17(3)4/h5-7,10-11H,1-4H3,(H,16,18)(H,19,20). The van der Waals surface area contributed by atoms with Crippen molar-refractivity contribution < 1.29 is 14.7 Å². The second kappa shape index (κ2) is 4.77. The van der Waals surface area contributed by atoms with Crippen LogP contribution in [0.5, 0.6) is 0 Å². The van der Waals surface area contributed by atoms with Crippen LogP contribution in [-0.2, 0) is 9.59 Å². The molecule has 2 rings (SSSR count). The van der Waals surface area contributed by atoms with Crippen molar-refractivity contribution in [1.82, 2.24) is 4.98 Å². The van der Waals surface area contributed by atoms with Crippen molar-refractivity contribution in [2.75, 3.05) is 24.3 Å². The molecule has 1 saturated carbocycles. The Labute approximate surface area is 117 Å². The summed E-state index contributed by atoms with van der Waals surface area (Å²) in [5, 5.41) is 11.8. The first-order chi connectivity index (χ1) is 9.25. The molecular formula is C14H19N3O3. The quantitative estimate of drug-likeness (QED) is 0.870. The summed E-state index contributed by atoms with van der Waals surface area (Å²) in [6, 6.07) is 3.55. The lowest BCUT2D eigenvalue weighted by molar-refractivity contribution is -0.140. The van der Waals surface area contributed by atoms with Gasteiger partial charge in [0.2, 0.25) is 5.91 Å². The number of anilines is 2. The highest BCUT2D eigenvalue weighted by Crippen LogP contribution is 2.58. The van der Waals surface area contributed by atoms with Crippen LogP contribution in [0.25, 0.3) is 0 Å². The van der Waals surface area contributed by atoms with Gasteiger partial charge in [-0.3, -0.25) is 9.59 Å². The molecule has 2 unspecified atom stereocenters. The minimum atomic E-state index is -0.920. The SMILES string of the molecule is CN(C)c1ccc(NC(=O)C2C(C(=O)O)C2(C)C)cn1. The fourth-order valence-corrected chi connectivity index (χ4v) is 2.53. The molecule has 2 N–H and O–H groups in total. The number of nitrogens with zero attached hydrogens (tertiary/aromatic N) is 2. The molecule has 108 valence electrons. The molecule has 0 bridgehead atoms. The van der Waals surface area contributed by atoms with Gasteiger partial charge in [0, 0.05) is 14.1 Å². The van der Waals surface area contributed by atoms with Gasteiger partial charge in [-0.1, -0.05) is 13.8 Å². The molecular weight excluding hydrogens is 258 g/mol. The maximum Gasteiger partial charge on any atom is 0.307 e. The number of aliphatic carboxylic acids is 1. The van der Waals surface area contributed by atoms with Gasteiger partial charge in [-0.25, -0.2) is 4.98 Å². The van der Waals surface area contributed by atoms with E-state index in [2.05, 4.69) is 10.3 Å². The Morgan fingerprint density at radius 3 is 2.35 bits per heavy atom. The van der Waals surface area contributed by atoms with Crippen LogP contribution in [0.1, 0.15) is 13.8 Å². The monoisotopic (exact) mass is 277 g/mol. The molecule has 0 aliphatic heterocycles. The highest BCUT2D eigenvalue weighted by molar-refractivity contribution is 5.99. The van der Waals surface area contributed by atoms with Gasteiger partial charge in [-0.15, -0.1) is 0 Å². The van der Waals surface area contributed by atoms with Gasteiger partial charge in [-0.05, 0) is 17.5 Å². The molecule has 6 nitrogen and oxygen atoms in total. The topological polar surface area (TPSA) is 82.5 Å². The summed E-state index contributed by atoms with van der Waals surface area (Å²) in [5.74, 6) is -1.50. The van der Waals surface area contributed by atoms with E-state index in [-0.39, 0.29) is 5.91 Å². The first kappa shape index (κ1) is 14.3. The van der Waals surface area contributed by atoms with Crippen LogP contribution in [0.4, 0.5) is 11.5 Å². The fraction of sp³-hybridized carbons (Fsp3) is 0.500. The number of carbonyl (C=O) groups excluding carboxylic acids is 1. The summed E-state index contributed by atoms with van der Waals surface area (Å²) >= 11 is 0. The van der Waals surface area contributed by atoms with E-state index in [9.17, 15) is 9.59 Å². The van der Waals surface area contributed by atoms with Crippen LogP contribution >= 0.6 is 0 Å². The molecule has 1 aliphatic carbocycles. The molecule has 0 radical (unpaired) electrons. The van der Waals surface area contributed by atoms with Crippen LogP contribution in [-0.4, -0.2) is 36.1 Å². The molecule has 0 saturated heterocycles. The second-order valence-electron chi connectivity index (χ2n) is 5.90. The van der Waals surface area contributed by atoms with Crippen molar-refractivity contribution in [3.05, 3.63) is 18.3 Å². The lowest BCUT2D eigenvalue weighted by Crippen LogP contribution is -2.18. The maximum absolute atomic E-state index is 12.1. The summed E-state index contributed by atoms with van der Waals surface area (Å²) in [5.41, 5.74) is 0.0832. The Morgan fingerprint density at radius 2 is 1.95 bits per heavy atom. The van der Waals surface area contributed by atoms with E-state index in [4.69, 9.17) is 5.11 Å². The fourth-order valence-electron chi connectivity index (χ4n) is 2.53. The maximum atomic E-state index is 12.1. The van der Waals surface area contributed by atoms with E-state index in [0.29, 0.717) is 5.69 Å². The molecule has 1 fully saturated rings. The average Bonchev–Trinajstić information content (AvgIpc) is 2.93. The van der Waals surface area contributed by atoms with E-state index in [1.54, 1.807) is 32.2 Å². The molecule has 20 heavy (non-hydrogen) atoms.